The van der Waals surface area contributed by atoms with Crippen LogP contribution in [-0.4, -0.2) is 23.6 Å². The summed E-state index contributed by atoms with van der Waals surface area (Å²) in [7, 11) is 0. The Bertz CT molecular complexity index is 530. The first-order valence-corrected chi connectivity index (χ1v) is 10.9. The predicted octanol–water partition coefficient (Wildman–Crippen LogP) is 4.51. The van der Waals surface area contributed by atoms with Crippen LogP contribution in [0.2, 0.25) is 0 Å². The second-order valence-corrected chi connectivity index (χ2v) is 9.84. The number of carbonyl (C=O) groups is 2. The first kappa shape index (κ1) is 16.2. The van der Waals surface area contributed by atoms with Gasteiger partial charge in [-0.3, -0.25) is 9.59 Å². The van der Waals surface area contributed by atoms with Gasteiger partial charge in [0.1, 0.15) is 11.6 Å². The van der Waals surface area contributed by atoms with Crippen molar-refractivity contribution >= 4 is 23.3 Å². The molecule has 0 heterocycles. The fourth-order valence-electron chi connectivity index (χ4n) is 7.17. The van der Waals surface area contributed by atoms with Gasteiger partial charge in [0.25, 0.3) is 0 Å². The van der Waals surface area contributed by atoms with Crippen molar-refractivity contribution < 1.29 is 9.59 Å². The molecule has 4 saturated carbocycles. The highest BCUT2D eigenvalue weighted by atomic mass is 32.2. The summed E-state index contributed by atoms with van der Waals surface area (Å²) >= 11 is 1.99. The Labute approximate surface area is 144 Å². The number of carbonyl (C=O) groups excluding carboxylic acids is 2. The summed E-state index contributed by atoms with van der Waals surface area (Å²) in [6.45, 7) is 2.26. The van der Waals surface area contributed by atoms with E-state index in [0.29, 0.717) is 28.8 Å². The summed E-state index contributed by atoms with van der Waals surface area (Å²) < 4.78 is 0. The van der Waals surface area contributed by atoms with E-state index in [9.17, 15) is 9.59 Å². The van der Waals surface area contributed by atoms with Crippen LogP contribution in [0.1, 0.15) is 64.7 Å². The van der Waals surface area contributed by atoms with Crippen molar-refractivity contribution in [2.24, 2.45) is 34.5 Å². The summed E-state index contributed by atoms with van der Waals surface area (Å²) in [5, 5.41) is 0. The van der Waals surface area contributed by atoms with Crippen molar-refractivity contribution in [3.05, 3.63) is 0 Å². The Morgan fingerprint density at radius 2 is 1.87 bits per heavy atom. The molecular weight excluding hydrogens is 304 g/mol. The van der Waals surface area contributed by atoms with Crippen LogP contribution in [0.15, 0.2) is 0 Å². The Kier molecular flexibility index (Phi) is 3.94. The minimum absolute atomic E-state index is 0.0148. The first-order chi connectivity index (χ1) is 11.0. The summed E-state index contributed by atoms with van der Waals surface area (Å²) in [6, 6.07) is 0. The average molecular weight is 335 g/mol. The first-order valence-electron chi connectivity index (χ1n) is 9.55. The zero-order valence-corrected chi connectivity index (χ0v) is 15.4. The molecule has 4 aliphatic rings. The van der Waals surface area contributed by atoms with Gasteiger partial charge in [-0.05, 0) is 79.6 Å². The minimum Gasteiger partial charge on any atom is -0.300 e. The van der Waals surface area contributed by atoms with Crippen LogP contribution in [-0.2, 0) is 9.59 Å². The molecule has 4 fully saturated rings. The molecule has 0 aliphatic heterocycles. The molecule has 0 radical (unpaired) electrons. The molecule has 3 heteroatoms. The van der Waals surface area contributed by atoms with Gasteiger partial charge in [-0.1, -0.05) is 6.92 Å². The lowest BCUT2D eigenvalue weighted by Crippen LogP contribution is -2.55. The van der Waals surface area contributed by atoms with Crippen molar-refractivity contribution in [3.63, 3.8) is 0 Å². The summed E-state index contributed by atoms with van der Waals surface area (Å²) in [4.78, 5) is 24.5. The minimum atomic E-state index is -0.0148. The number of rotatable bonds is 2. The van der Waals surface area contributed by atoms with E-state index >= 15 is 0 Å². The van der Waals surface area contributed by atoms with Crippen LogP contribution < -0.4 is 0 Å². The van der Waals surface area contributed by atoms with Crippen LogP contribution in [0.4, 0.5) is 0 Å². The molecule has 6 atom stereocenters. The number of hydrogen-bond donors (Lipinski definition) is 0. The molecule has 0 aromatic carbocycles. The number of Topliss-reactive ketones (excluding diaryl/α,β-unsaturated/α-hetero) is 2. The lowest BCUT2D eigenvalue weighted by Gasteiger charge is -2.60. The van der Waals surface area contributed by atoms with E-state index in [0.717, 1.165) is 50.4 Å². The van der Waals surface area contributed by atoms with Crippen molar-refractivity contribution in [1.82, 2.24) is 0 Å². The Morgan fingerprint density at radius 1 is 1.04 bits per heavy atom. The monoisotopic (exact) mass is 334 g/mol. The molecule has 0 N–H and O–H groups in total. The quantitative estimate of drug-likeness (QED) is 0.745. The molecule has 0 aromatic rings. The predicted molar refractivity (Wildman–Crippen MR) is 94.4 cm³/mol. The summed E-state index contributed by atoms with van der Waals surface area (Å²) in [5.41, 5.74) is 0.377. The van der Waals surface area contributed by atoms with E-state index in [1.165, 1.54) is 25.0 Å². The molecule has 2 nitrogen and oxygen atoms in total. The lowest BCUT2D eigenvalue weighted by molar-refractivity contribution is -0.143. The smallest absolute Gasteiger partial charge is 0.139 e. The van der Waals surface area contributed by atoms with E-state index in [4.69, 9.17) is 0 Å². The fraction of sp³-hybridized carbons (Fsp3) is 0.900. The highest BCUT2D eigenvalue weighted by Crippen LogP contribution is 2.65. The lowest BCUT2D eigenvalue weighted by atomic mass is 9.45. The van der Waals surface area contributed by atoms with Crippen LogP contribution in [0, 0.1) is 34.5 Å². The van der Waals surface area contributed by atoms with Crippen LogP contribution in [0.3, 0.4) is 0 Å². The van der Waals surface area contributed by atoms with Gasteiger partial charge in [-0.25, -0.2) is 0 Å². The molecule has 0 saturated heterocycles. The van der Waals surface area contributed by atoms with E-state index in [1.807, 2.05) is 11.8 Å². The fourth-order valence-corrected chi connectivity index (χ4v) is 8.30. The molecule has 4 rings (SSSR count). The molecular formula is C20H30O2S. The summed E-state index contributed by atoms with van der Waals surface area (Å²) in [5.74, 6) is 5.04. The normalized spacial score (nSPS) is 49.5. The summed E-state index contributed by atoms with van der Waals surface area (Å²) in [6.07, 6.45) is 11.8. The maximum absolute atomic E-state index is 12.5. The number of hydrogen-bond acceptors (Lipinski definition) is 3. The largest absolute Gasteiger partial charge is 0.300 e. The molecule has 128 valence electrons. The highest BCUT2D eigenvalue weighted by molar-refractivity contribution is 7.98. The number of thioether (sulfide) groups is 1. The van der Waals surface area contributed by atoms with Crippen molar-refractivity contribution in [2.75, 3.05) is 12.0 Å². The topological polar surface area (TPSA) is 34.1 Å². The molecule has 0 bridgehead atoms. The number of ketones is 2. The Hall–Kier alpha value is -0.310. The third kappa shape index (κ3) is 2.21. The third-order valence-corrected chi connectivity index (χ3v) is 9.13. The molecule has 23 heavy (non-hydrogen) atoms. The molecule has 0 spiro atoms. The van der Waals surface area contributed by atoms with Crippen molar-refractivity contribution in [3.8, 4) is 0 Å². The van der Waals surface area contributed by atoms with Gasteiger partial charge in [0.05, 0.1) is 0 Å². The average Bonchev–Trinajstić information content (AvgIpc) is 2.84. The van der Waals surface area contributed by atoms with Crippen LogP contribution in [0.5, 0.6) is 0 Å². The highest BCUT2D eigenvalue weighted by Gasteiger charge is 2.61. The third-order valence-electron chi connectivity index (χ3n) is 8.30. The van der Waals surface area contributed by atoms with Gasteiger partial charge < -0.3 is 0 Å². The van der Waals surface area contributed by atoms with Crippen molar-refractivity contribution in [1.29, 1.82) is 0 Å². The molecule has 0 unspecified atom stereocenters. The zero-order chi connectivity index (χ0) is 16.2. The number of fused-ring (bicyclic) bond motifs is 5. The van der Waals surface area contributed by atoms with E-state index in [2.05, 4.69) is 13.2 Å². The van der Waals surface area contributed by atoms with Gasteiger partial charge in [0.15, 0.2) is 0 Å². The second kappa shape index (κ2) is 5.61. The van der Waals surface area contributed by atoms with Crippen LogP contribution in [0.25, 0.3) is 0 Å². The maximum atomic E-state index is 12.5. The van der Waals surface area contributed by atoms with E-state index < -0.39 is 0 Å². The zero-order valence-electron chi connectivity index (χ0n) is 14.6. The molecule has 0 amide bonds. The van der Waals surface area contributed by atoms with Crippen molar-refractivity contribution in [2.45, 2.75) is 64.7 Å². The molecule has 0 aromatic heterocycles. The molecule has 4 aliphatic carbocycles. The van der Waals surface area contributed by atoms with Gasteiger partial charge in [-0.15, -0.1) is 0 Å². The van der Waals surface area contributed by atoms with Gasteiger partial charge in [0, 0.05) is 24.7 Å². The van der Waals surface area contributed by atoms with Gasteiger partial charge in [-0.2, -0.15) is 11.8 Å². The van der Waals surface area contributed by atoms with Gasteiger partial charge >= 0.3 is 0 Å². The second-order valence-electron chi connectivity index (χ2n) is 8.98. The standard InChI is InChI=1S/C20H30O2S/c1-19-9-8-17-15(16(19)5-6-18(19)22)4-3-13-11-14(21)7-10-20(13,17)12-23-2/h13,15-17H,3-12H2,1-2H3/t13-,15-,16-,17-,19-,20+/m0/s1. The van der Waals surface area contributed by atoms with Gasteiger partial charge in [0.2, 0.25) is 0 Å². The Morgan fingerprint density at radius 3 is 2.65 bits per heavy atom. The van der Waals surface area contributed by atoms with E-state index in [-0.39, 0.29) is 5.41 Å². The maximum Gasteiger partial charge on any atom is 0.139 e. The Balaban J connectivity index is 1.68. The van der Waals surface area contributed by atoms with Crippen LogP contribution >= 0.6 is 11.8 Å². The van der Waals surface area contributed by atoms with E-state index in [1.54, 1.807) is 0 Å². The SMILES string of the molecule is CSC[C@]12CCC(=O)C[C@@H]1CC[C@@H]1[C@@H]2CC[C@]2(C)C(=O)CC[C@@H]12.